The molecular formula is C22H28N2O3. The lowest BCUT2D eigenvalue weighted by Gasteiger charge is -2.58. The lowest BCUT2D eigenvalue weighted by Crippen LogP contribution is -2.64. The Morgan fingerprint density at radius 1 is 1.19 bits per heavy atom. The predicted molar refractivity (Wildman–Crippen MR) is 102 cm³/mol. The van der Waals surface area contributed by atoms with Crippen molar-refractivity contribution in [2.45, 2.75) is 36.8 Å². The summed E-state index contributed by atoms with van der Waals surface area (Å²) in [4.78, 5) is 5.10. The number of nitrogens with zero attached hydrogens (tertiary/aromatic N) is 2. The van der Waals surface area contributed by atoms with Crippen LogP contribution in [0.5, 0.6) is 11.5 Å². The summed E-state index contributed by atoms with van der Waals surface area (Å²) < 4.78 is 18.1. The van der Waals surface area contributed by atoms with Gasteiger partial charge in [-0.3, -0.25) is 0 Å². The molecule has 2 aliphatic carbocycles. The van der Waals surface area contributed by atoms with Crippen molar-refractivity contribution < 1.29 is 14.2 Å². The number of benzene rings is 1. The molecule has 2 fully saturated rings. The van der Waals surface area contributed by atoms with Crippen molar-refractivity contribution in [3.63, 3.8) is 0 Å². The number of allylic oxidation sites excluding steroid dienone is 1. The van der Waals surface area contributed by atoms with E-state index < -0.39 is 0 Å². The molecule has 0 amide bonds. The molecule has 1 spiro atoms. The van der Waals surface area contributed by atoms with Crippen molar-refractivity contribution in [3.05, 3.63) is 35.0 Å². The van der Waals surface area contributed by atoms with E-state index in [-0.39, 0.29) is 11.5 Å². The molecular weight excluding hydrogens is 340 g/mol. The molecule has 5 aliphatic rings. The van der Waals surface area contributed by atoms with E-state index >= 15 is 0 Å². The van der Waals surface area contributed by atoms with Crippen LogP contribution in [-0.2, 0) is 16.6 Å². The van der Waals surface area contributed by atoms with Gasteiger partial charge >= 0.3 is 0 Å². The summed E-state index contributed by atoms with van der Waals surface area (Å²) in [6, 6.07) is 5.01. The van der Waals surface area contributed by atoms with Gasteiger partial charge in [-0.2, -0.15) is 0 Å². The Bertz CT molecular complexity index is 816. The molecule has 5 heteroatoms. The van der Waals surface area contributed by atoms with Crippen molar-refractivity contribution in [2.75, 3.05) is 47.0 Å². The fraction of sp³-hybridized carbons (Fsp3) is 0.636. The number of likely N-dealkylation sites (tertiary alicyclic amines) is 1. The third kappa shape index (κ3) is 1.97. The molecule has 0 unspecified atom stereocenters. The van der Waals surface area contributed by atoms with Crippen LogP contribution >= 0.6 is 0 Å². The maximum absolute atomic E-state index is 6.81. The van der Waals surface area contributed by atoms with E-state index in [0.717, 1.165) is 57.2 Å². The average molecular weight is 368 g/mol. The molecule has 0 saturated carbocycles. The zero-order valence-corrected chi connectivity index (χ0v) is 16.2. The van der Waals surface area contributed by atoms with E-state index in [1.165, 1.54) is 23.2 Å². The van der Waals surface area contributed by atoms with Gasteiger partial charge in [-0.05, 0) is 50.4 Å². The summed E-state index contributed by atoms with van der Waals surface area (Å²) in [6.45, 7) is 4.71. The second-order valence-corrected chi connectivity index (χ2v) is 8.74. The highest BCUT2D eigenvalue weighted by Gasteiger charge is 2.64. The lowest BCUT2D eigenvalue weighted by atomic mass is 9.52. The molecule has 3 aliphatic heterocycles. The molecule has 144 valence electrons. The first-order valence-electron chi connectivity index (χ1n) is 10.3. The van der Waals surface area contributed by atoms with Crippen LogP contribution in [0.3, 0.4) is 0 Å². The highest BCUT2D eigenvalue weighted by atomic mass is 16.5. The van der Waals surface area contributed by atoms with Crippen LogP contribution in [0.15, 0.2) is 23.9 Å². The van der Waals surface area contributed by atoms with Crippen molar-refractivity contribution in [3.8, 4) is 11.5 Å². The number of morpholine rings is 1. The fourth-order valence-corrected chi connectivity index (χ4v) is 6.60. The SMILES string of the molecule is COc1ccc2c3c1O[C@H]1C(N4CCOCC4)=CC[C@H]4[C@@H](C2)N(C)CC[C@]314. The summed E-state index contributed by atoms with van der Waals surface area (Å²) in [5.74, 6) is 2.55. The summed E-state index contributed by atoms with van der Waals surface area (Å²) in [5.41, 5.74) is 4.45. The van der Waals surface area contributed by atoms with Crippen LogP contribution in [-0.4, -0.2) is 69.0 Å². The Hall–Kier alpha value is -1.72. The number of piperidine rings is 1. The van der Waals surface area contributed by atoms with E-state index in [1.807, 2.05) is 0 Å². The predicted octanol–water partition coefficient (Wildman–Crippen LogP) is 2.19. The second-order valence-electron chi connectivity index (χ2n) is 8.74. The lowest BCUT2D eigenvalue weighted by molar-refractivity contribution is -0.0276. The van der Waals surface area contributed by atoms with Gasteiger partial charge in [0.05, 0.1) is 26.0 Å². The quantitative estimate of drug-likeness (QED) is 0.799. The highest BCUT2D eigenvalue weighted by Crippen LogP contribution is 2.63. The van der Waals surface area contributed by atoms with Crippen molar-refractivity contribution in [2.24, 2.45) is 5.92 Å². The molecule has 1 aromatic carbocycles. The average Bonchev–Trinajstić information content (AvgIpc) is 3.06. The van der Waals surface area contributed by atoms with Crippen molar-refractivity contribution in [1.29, 1.82) is 0 Å². The van der Waals surface area contributed by atoms with Gasteiger partial charge in [0.25, 0.3) is 0 Å². The molecule has 0 aromatic heterocycles. The molecule has 0 N–H and O–H groups in total. The van der Waals surface area contributed by atoms with Crippen LogP contribution in [0.1, 0.15) is 24.0 Å². The van der Waals surface area contributed by atoms with Gasteiger partial charge in [0.15, 0.2) is 11.5 Å². The molecule has 1 aromatic rings. The summed E-state index contributed by atoms with van der Waals surface area (Å²) in [7, 11) is 4.07. The fourth-order valence-electron chi connectivity index (χ4n) is 6.60. The molecule has 6 rings (SSSR count). The number of hydrogen-bond acceptors (Lipinski definition) is 5. The van der Waals surface area contributed by atoms with Gasteiger partial charge in [-0.25, -0.2) is 0 Å². The largest absolute Gasteiger partial charge is 0.493 e. The van der Waals surface area contributed by atoms with Crippen LogP contribution in [0.25, 0.3) is 0 Å². The molecule has 2 saturated heterocycles. The minimum atomic E-state index is 0.108. The summed E-state index contributed by atoms with van der Waals surface area (Å²) in [5, 5.41) is 0. The topological polar surface area (TPSA) is 34.2 Å². The van der Waals surface area contributed by atoms with E-state index in [0.29, 0.717) is 12.0 Å². The van der Waals surface area contributed by atoms with E-state index in [1.54, 1.807) is 7.11 Å². The zero-order chi connectivity index (χ0) is 18.2. The third-order valence-corrected chi connectivity index (χ3v) is 7.82. The Labute approximate surface area is 160 Å². The van der Waals surface area contributed by atoms with Crippen molar-refractivity contribution in [1.82, 2.24) is 9.80 Å². The standard InChI is InChI=1S/C22H28N2O3/c1-23-8-7-22-15-4-5-16(24-9-11-26-12-10-24)21(22)27-20-18(25-2)6-3-14(19(20)22)13-17(15)23/h3,5-6,15,17,21H,4,7-13H2,1-2H3/t15-,17+,21-,22-/m0/s1. The van der Waals surface area contributed by atoms with E-state index in [4.69, 9.17) is 14.2 Å². The Morgan fingerprint density at radius 3 is 2.85 bits per heavy atom. The van der Waals surface area contributed by atoms with Crippen LogP contribution in [0, 0.1) is 5.92 Å². The number of likely N-dealkylation sites (N-methyl/N-ethyl adjacent to an activating group) is 1. The molecule has 3 heterocycles. The van der Waals surface area contributed by atoms with Gasteiger partial charge < -0.3 is 24.0 Å². The summed E-state index contributed by atoms with van der Waals surface area (Å²) >= 11 is 0. The smallest absolute Gasteiger partial charge is 0.166 e. The molecule has 0 radical (unpaired) electrons. The normalized spacial score (nSPS) is 36.7. The van der Waals surface area contributed by atoms with Gasteiger partial charge in [-0.1, -0.05) is 12.1 Å². The Morgan fingerprint density at radius 2 is 2.04 bits per heavy atom. The molecule has 27 heavy (non-hydrogen) atoms. The van der Waals surface area contributed by atoms with Gasteiger partial charge in [0.1, 0.15) is 6.10 Å². The first-order valence-corrected chi connectivity index (χ1v) is 10.3. The molecule has 5 nitrogen and oxygen atoms in total. The maximum atomic E-state index is 6.81. The Balaban J connectivity index is 1.54. The maximum Gasteiger partial charge on any atom is 0.166 e. The number of rotatable bonds is 2. The van der Waals surface area contributed by atoms with Crippen molar-refractivity contribution >= 4 is 0 Å². The monoisotopic (exact) mass is 368 g/mol. The first-order chi connectivity index (χ1) is 13.2. The zero-order valence-electron chi connectivity index (χ0n) is 16.2. The van der Waals surface area contributed by atoms with Crippen LogP contribution in [0.2, 0.25) is 0 Å². The van der Waals surface area contributed by atoms with Gasteiger partial charge in [-0.15, -0.1) is 0 Å². The number of hydrogen-bond donors (Lipinski definition) is 0. The molecule has 4 atom stereocenters. The second kappa shape index (κ2) is 5.65. The highest BCUT2D eigenvalue weighted by molar-refractivity contribution is 5.62. The van der Waals surface area contributed by atoms with E-state index in [9.17, 15) is 0 Å². The van der Waals surface area contributed by atoms with Gasteiger partial charge in [0.2, 0.25) is 0 Å². The summed E-state index contributed by atoms with van der Waals surface area (Å²) in [6.07, 6.45) is 6.05. The number of methoxy groups -OCH3 is 1. The van der Waals surface area contributed by atoms with Crippen LogP contribution in [0.4, 0.5) is 0 Å². The Kier molecular flexibility index (Phi) is 3.40. The minimum Gasteiger partial charge on any atom is -0.493 e. The third-order valence-electron chi connectivity index (χ3n) is 7.82. The minimum absolute atomic E-state index is 0.108. The van der Waals surface area contributed by atoms with Crippen LogP contribution < -0.4 is 9.47 Å². The first kappa shape index (κ1) is 16.3. The number of ether oxygens (including phenoxy) is 3. The molecule has 2 bridgehead atoms. The van der Waals surface area contributed by atoms with Gasteiger partial charge in [0, 0.05) is 30.1 Å². The van der Waals surface area contributed by atoms with E-state index in [2.05, 4.69) is 35.1 Å².